The fourth-order valence-corrected chi connectivity index (χ4v) is 1.90. The lowest BCUT2D eigenvalue weighted by Crippen LogP contribution is -2.06. The van der Waals surface area contributed by atoms with Gasteiger partial charge in [-0.1, -0.05) is 0 Å². The van der Waals surface area contributed by atoms with E-state index in [0.29, 0.717) is 10.2 Å². The lowest BCUT2D eigenvalue weighted by Gasteiger charge is -2.02. The van der Waals surface area contributed by atoms with Crippen molar-refractivity contribution in [3.63, 3.8) is 0 Å². The molecule has 0 bridgehead atoms. The van der Waals surface area contributed by atoms with Crippen LogP contribution in [0.4, 0.5) is 0 Å². The number of carbonyl (C=O) groups excluding carboxylic acids is 1. The molecule has 0 spiro atoms. The Morgan fingerprint density at radius 2 is 2.33 bits per heavy atom. The number of esters is 1. The van der Waals surface area contributed by atoms with Crippen LogP contribution in [-0.2, 0) is 11.8 Å². The van der Waals surface area contributed by atoms with Crippen LogP contribution in [0.15, 0.2) is 22.8 Å². The molecule has 0 radical (unpaired) electrons. The largest absolute Gasteiger partial charge is 0.464 e. The Balaban J connectivity index is 2.70. The van der Waals surface area contributed by atoms with Gasteiger partial charge in [-0.25, -0.2) is 9.78 Å². The second-order valence-corrected chi connectivity index (χ2v) is 4.00. The molecule has 2 aromatic rings. The first-order valence-electron chi connectivity index (χ1n) is 4.33. The number of hydrogen-bond donors (Lipinski definition) is 0. The number of methoxy groups -OCH3 is 1. The standard InChI is InChI=1S/C10H9BrN2O2/c1-13-4-3-6-5-7(11)8(10(14)15-2)12-9(6)13/h3-5H,1-2H3. The van der Waals surface area contributed by atoms with Crippen LogP contribution in [0.25, 0.3) is 11.0 Å². The van der Waals surface area contributed by atoms with Crippen molar-refractivity contribution >= 4 is 32.9 Å². The molecule has 0 atom stereocenters. The third-order valence-electron chi connectivity index (χ3n) is 2.17. The highest BCUT2D eigenvalue weighted by molar-refractivity contribution is 9.10. The normalized spacial score (nSPS) is 10.6. The van der Waals surface area contributed by atoms with Crippen LogP contribution in [-0.4, -0.2) is 22.6 Å². The van der Waals surface area contributed by atoms with Crippen molar-refractivity contribution in [2.75, 3.05) is 7.11 Å². The maximum absolute atomic E-state index is 11.4. The minimum atomic E-state index is -0.440. The Morgan fingerprint density at radius 1 is 1.60 bits per heavy atom. The highest BCUT2D eigenvalue weighted by atomic mass is 79.9. The zero-order chi connectivity index (χ0) is 11.0. The summed E-state index contributed by atoms with van der Waals surface area (Å²) in [5.74, 6) is -0.440. The summed E-state index contributed by atoms with van der Waals surface area (Å²) in [7, 11) is 3.22. The molecule has 0 N–H and O–H groups in total. The van der Waals surface area contributed by atoms with E-state index in [1.54, 1.807) is 0 Å². The van der Waals surface area contributed by atoms with Crippen LogP contribution in [0.3, 0.4) is 0 Å². The average Bonchev–Trinajstić information content (AvgIpc) is 2.58. The number of aromatic nitrogens is 2. The van der Waals surface area contributed by atoms with Gasteiger partial charge in [0, 0.05) is 18.6 Å². The summed E-state index contributed by atoms with van der Waals surface area (Å²) in [4.78, 5) is 15.6. The number of carbonyl (C=O) groups is 1. The molecule has 0 aliphatic carbocycles. The predicted octanol–water partition coefficient (Wildman–Crippen LogP) is 2.12. The molecule has 4 nitrogen and oxygen atoms in total. The number of hydrogen-bond acceptors (Lipinski definition) is 3. The van der Waals surface area contributed by atoms with E-state index in [4.69, 9.17) is 0 Å². The zero-order valence-electron chi connectivity index (χ0n) is 8.32. The molecule has 15 heavy (non-hydrogen) atoms. The molecule has 0 aromatic carbocycles. The number of aryl methyl sites for hydroxylation is 1. The van der Waals surface area contributed by atoms with E-state index in [1.807, 2.05) is 29.9 Å². The van der Waals surface area contributed by atoms with E-state index in [2.05, 4.69) is 25.7 Å². The van der Waals surface area contributed by atoms with E-state index in [-0.39, 0.29) is 0 Å². The molecule has 0 amide bonds. The molecular formula is C10H9BrN2O2. The van der Waals surface area contributed by atoms with Gasteiger partial charge in [0.05, 0.1) is 11.6 Å². The minimum absolute atomic E-state index is 0.298. The first kappa shape index (κ1) is 10.2. The second-order valence-electron chi connectivity index (χ2n) is 3.15. The Labute approximate surface area is 95.0 Å². The molecule has 0 fully saturated rings. The molecule has 2 aromatic heterocycles. The van der Waals surface area contributed by atoms with E-state index in [9.17, 15) is 4.79 Å². The number of fused-ring (bicyclic) bond motifs is 1. The van der Waals surface area contributed by atoms with Gasteiger partial charge in [0.2, 0.25) is 0 Å². The Bertz CT molecular complexity index is 533. The summed E-state index contributed by atoms with van der Waals surface area (Å²) in [5.41, 5.74) is 1.06. The Morgan fingerprint density at radius 3 is 3.00 bits per heavy atom. The molecule has 2 heterocycles. The molecule has 0 aliphatic rings. The zero-order valence-corrected chi connectivity index (χ0v) is 9.91. The van der Waals surface area contributed by atoms with Gasteiger partial charge in [0.1, 0.15) is 5.65 Å². The fourth-order valence-electron chi connectivity index (χ4n) is 1.40. The van der Waals surface area contributed by atoms with Crippen LogP contribution >= 0.6 is 15.9 Å². The third-order valence-corrected chi connectivity index (χ3v) is 2.78. The van der Waals surface area contributed by atoms with Crippen molar-refractivity contribution in [2.45, 2.75) is 0 Å². The summed E-state index contributed by atoms with van der Waals surface area (Å²) in [6, 6.07) is 3.79. The Kier molecular flexibility index (Phi) is 2.48. The SMILES string of the molecule is COC(=O)c1nc2c(ccn2C)cc1Br. The van der Waals surface area contributed by atoms with Crippen LogP contribution in [0, 0.1) is 0 Å². The van der Waals surface area contributed by atoms with Crippen molar-refractivity contribution < 1.29 is 9.53 Å². The molecular weight excluding hydrogens is 260 g/mol. The molecule has 0 saturated carbocycles. The smallest absolute Gasteiger partial charge is 0.357 e. The lowest BCUT2D eigenvalue weighted by atomic mass is 10.3. The summed E-state index contributed by atoms with van der Waals surface area (Å²) < 4.78 is 7.14. The number of nitrogens with zero attached hydrogens (tertiary/aromatic N) is 2. The summed E-state index contributed by atoms with van der Waals surface area (Å²) in [6.45, 7) is 0. The topological polar surface area (TPSA) is 44.1 Å². The summed E-state index contributed by atoms with van der Waals surface area (Å²) in [5, 5.41) is 0.983. The van der Waals surface area contributed by atoms with Crippen molar-refractivity contribution in [1.29, 1.82) is 0 Å². The Hall–Kier alpha value is -1.36. The van der Waals surface area contributed by atoms with E-state index < -0.39 is 5.97 Å². The monoisotopic (exact) mass is 268 g/mol. The van der Waals surface area contributed by atoms with Gasteiger partial charge in [-0.3, -0.25) is 0 Å². The fraction of sp³-hybridized carbons (Fsp3) is 0.200. The van der Waals surface area contributed by atoms with Crippen molar-refractivity contribution in [3.8, 4) is 0 Å². The lowest BCUT2D eigenvalue weighted by molar-refractivity contribution is 0.0593. The van der Waals surface area contributed by atoms with Crippen molar-refractivity contribution in [3.05, 3.63) is 28.5 Å². The van der Waals surface area contributed by atoms with Gasteiger partial charge < -0.3 is 9.30 Å². The van der Waals surface area contributed by atoms with Crippen LogP contribution < -0.4 is 0 Å². The summed E-state index contributed by atoms with van der Waals surface area (Å²) in [6.07, 6.45) is 1.89. The third kappa shape index (κ3) is 1.63. The van der Waals surface area contributed by atoms with Crippen LogP contribution in [0.1, 0.15) is 10.5 Å². The molecule has 0 aliphatic heterocycles. The van der Waals surface area contributed by atoms with Gasteiger partial charge >= 0.3 is 5.97 Å². The second kappa shape index (κ2) is 3.66. The van der Waals surface area contributed by atoms with Crippen molar-refractivity contribution in [1.82, 2.24) is 9.55 Å². The average molecular weight is 269 g/mol. The van der Waals surface area contributed by atoms with Crippen molar-refractivity contribution in [2.24, 2.45) is 7.05 Å². The van der Waals surface area contributed by atoms with E-state index in [0.717, 1.165) is 11.0 Å². The van der Waals surface area contributed by atoms with Crippen LogP contribution in [0.2, 0.25) is 0 Å². The van der Waals surface area contributed by atoms with Gasteiger partial charge in [0.25, 0.3) is 0 Å². The number of rotatable bonds is 1. The maximum atomic E-state index is 11.4. The number of ether oxygens (including phenoxy) is 1. The quantitative estimate of drug-likeness (QED) is 0.745. The summed E-state index contributed by atoms with van der Waals surface area (Å²) >= 11 is 3.30. The molecule has 78 valence electrons. The first-order chi connectivity index (χ1) is 7.13. The molecule has 0 saturated heterocycles. The van der Waals surface area contributed by atoms with Gasteiger partial charge in [0.15, 0.2) is 5.69 Å². The molecule has 0 unspecified atom stereocenters. The number of pyridine rings is 1. The number of halogens is 1. The van der Waals surface area contributed by atoms with E-state index >= 15 is 0 Å². The molecule has 2 rings (SSSR count). The van der Waals surface area contributed by atoms with Gasteiger partial charge in [-0.05, 0) is 28.1 Å². The minimum Gasteiger partial charge on any atom is -0.464 e. The highest BCUT2D eigenvalue weighted by Crippen LogP contribution is 2.22. The van der Waals surface area contributed by atoms with E-state index in [1.165, 1.54) is 7.11 Å². The molecule has 5 heteroatoms. The van der Waals surface area contributed by atoms with Gasteiger partial charge in [-0.15, -0.1) is 0 Å². The first-order valence-corrected chi connectivity index (χ1v) is 5.12. The maximum Gasteiger partial charge on any atom is 0.357 e. The van der Waals surface area contributed by atoms with Gasteiger partial charge in [-0.2, -0.15) is 0 Å². The highest BCUT2D eigenvalue weighted by Gasteiger charge is 2.14. The predicted molar refractivity (Wildman–Crippen MR) is 59.8 cm³/mol. The van der Waals surface area contributed by atoms with Crippen LogP contribution in [0.5, 0.6) is 0 Å².